The highest BCUT2D eigenvalue weighted by atomic mass is 16.5. The molecule has 3 nitrogen and oxygen atoms in total. The van der Waals surface area contributed by atoms with E-state index in [0.29, 0.717) is 6.10 Å². The Kier molecular flexibility index (Phi) is 4.38. The molecule has 2 rings (SSSR count). The molecule has 1 fully saturated rings. The van der Waals surface area contributed by atoms with Gasteiger partial charge in [-0.15, -0.1) is 0 Å². The first kappa shape index (κ1) is 13.5. The van der Waals surface area contributed by atoms with Crippen molar-refractivity contribution in [2.24, 2.45) is 5.73 Å². The van der Waals surface area contributed by atoms with Crippen molar-refractivity contribution in [3.63, 3.8) is 0 Å². The summed E-state index contributed by atoms with van der Waals surface area (Å²) in [5, 5.41) is 0. The monoisotopic (exact) mass is 248 g/mol. The van der Waals surface area contributed by atoms with Crippen LogP contribution in [0.15, 0.2) is 30.3 Å². The van der Waals surface area contributed by atoms with Gasteiger partial charge in [0, 0.05) is 26.7 Å². The minimum absolute atomic E-state index is 0.277. The Morgan fingerprint density at radius 3 is 2.44 bits per heavy atom. The molecule has 0 radical (unpaired) electrons. The zero-order chi connectivity index (χ0) is 13.0. The summed E-state index contributed by atoms with van der Waals surface area (Å²) in [5.74, 6) is 0. The highest BCUT2D eigenvalue weighted by molar-refractivity contribution is 5.23. The summed E-state index contributed by atoms with van der Waals surface area (Å²) in [6.07, 6.45) is 2.66. The van der Waals surface area contributed by atoms with E-state index in [4.69, 9.17) is 10.5 Å². The first-order chi connectivity index (χ1) is 8.62. The smallest absolute Gasteiger partial charge is 0.0595 e. The lowest BCUT2D eigenvalue weighted by Crippen LogP contribution is -2.48. The fourth-order valence-corrected chi connectivity index (χ4v) is 2.68. The van der Waals surface area contributed by atoms with Crippen LogP contribution in [-0.4, -0.2) is 37.7 Å². The average Bonchev–Trinajstić information content (AvgIpc) is 2.40. The first-order valence-electron chi connectivity index (χ1n) is 6.71. The molecule has 0 aliphatic carbocycles. The lowest BCUT2D eigenvalue weighted by atomic mass is 9.92. The third-order valence-corrected chi connectivity index (χ3v) is 3.85. The van der Waals surface area contributed by atoms with Crippen molar-refractivity contribution in [1.29, 1.82) is 0 Å². The van der Waals surface area contributed by atoms with Gasteiger partial charge in [-0.25, -0.2) is 0 Å². The number of nitrogens with zero attached hydrogens (tertiary/aromatic N) is 1. The second-order valence-corrected chi connectivity index (χ2v) is 5.49. The van der Waals surface area contributed by atoms with E-state index in [2.05, 4.69) is 36.1 Å². The van der Waals surface area contributed by atoms with E-state index in [-0.39, 0.29) is 5.54 Å². The number of rotatable bonds is 4. The van der Waals surface area contributed by atoms with Crippen LogP contribution in [0.25, 0.3) is 0 Å². The van der Waals surface area contributed by atoms with Crippen LogP contribution in [0.5, 0.6) is 0 Å². The third-order valence-electron chi connectivity index (χ3n) is 3.85. The molecule has 18 heavy (non-hydrogen) atoms. The minimum atomic E-state index is -0.277. The molecule has 1 heterocycles. The maximum Gasteiger partial charge on any atom is 0.0595 e. The second kappa shape index (κ2) is 5.83. The van der Waals surface area contributed by atoms with Crippen molar-refractivity contribution < 1.29 is 4.74 Å². The van der Waals surface area contributed by atoms with Crippen LogP contribution in [-0.2, 0) is 10.3 Å². The van der Waals surface area contributed by atoms with Crippen molar-refractivity contribution in [2.75, 3.05) is 26.7 Å². The Morgan fingerprint density at radius 2 is 1.89 bits per heavy atom. The van der Waals surface area contributed by atoms with E-state index in [1.165, 1.54) is 5.56 Å². The van der Waals surface area contributed by atoms with Crippen molar-refractivity contribution in [2.45, 2.75) is 31.4 Å². The average molecular weight is 248 g/mol. The van der Waals surface area contributed by atoms with Crippen LogP contribution in [0.2, 0.25) is 0 Å². The van der Waals surface area contributed by atoms with Crippen molar-refractivity contribution in [1.82, 2.24) is 4.90 Å². The SMILES string of the molecule is COC1CCN(CC(C)(N)c2ccccc2)CC1. The Hall–Kier alpha value is -0.900. The molecule has 1 atom stereocenters. The van der Waals surface area contributed by atoms with Crippen LogP contribution in [0.3, 0.4) is 0 Å². The number of hydrogen-bond donors (Lipinski definition) is 1. The largest absolute Gasteiger partial charge is 0.381 e. The van der Waals surface area contributed by atoms with Gasteiger partial charge in [-0.1, -0.05) is 30.3 Å². The number of nitrogens with two attached hydrogens (primary N) is 1. The molecule has 1 aromatic rings. The van der Waals surface area contributed by atoms with E-state index in [0.717, 1.165) is 32.5 Å². The summed E-state index contributed by atoms with van der Waals surface area (Å²) >= 11 is 0. The zero-order valence-corrected chi connectivity index (χ0v) is 11.4. The molecular formula is C15H24N2O. The Morgan fingerprint density at radius 1 is 1.28 bits per heavy atom. The Balaban J connectivity index is 1.93. The fraction of sp³-hybridized carbons (Fsp3) is 0.600. The molecule has 100 valence electrons. The van der Waals surface area contributed by atoms with E-state index in [1.54, 1.807) is 7.11 Å². The van der Waals surface area contributed by atoms with Gasteiger partial charge in [0.1, 0.15) is 0 Å². The maximum absolute atomic E-state index is 6.46. The summed E-state index contributed by atoms with van der Waals surface area (Å²) in [6.45, 7) is 5.19. The van der Waals surface area contributed by atoms with Crippen LogP contribution in [0, 0.1) is 0 Å². The maximum atomic E-state index is 6.46. The summed E-state index contributed by atoms with van der Waals surface area (Å²) in [6, 6.07) is 10.4. The zero-order valence-electron chi connectivity index (χ0n) is 11.4. The second-order valence-electron chi connectivity index (χ2n) is 5.49. The highest BCUT2D eigenvalue weighted by Gasteiger charge is 2.27. The number of methoxy groups -OCH3 is 1. The van der Waals surface area contributed by atoms with Gasteiger partial charge >= 0.3 is 0 Å². The Labute approximate surface area is 110 Å². The Bertz CT molecular complexity index is 356. The molecule has 2 N–H and O–H groups in total. The van der Waals surface area contributed by atoms with Gasteiger partial charge in [-0.05, 0) is 25.3 Å². The first-order valence-corrected chi connectivity index (χ1v) is 6.71. The summed E-state index contributed by atoms with van der Waals surface area (Å²) in [7, 11) is 1.80. The topological polar surface area (TPSA) is 38.5 Å². The highest BCUT2D eigenvalue weighted by Crippen LogP contribution is 2.21. The van der Waals surface area contributed by atoms with Gasteiger partial charge in [0.15, 0.2) is 0 Å². The van der Waals surface area contributed by atoms with Crippen LogP contribution < -0.4 is 5.73 Å². The normalized spacial score (nSPS) is 21.7. The van der Waals surface area contributed by atoms with E-state index >= 15 is 0 Å². The number of ether oxygens (including phenoxy) is 1. The molecular weight excluding hydrogens is 224 g/mol. The van der Waals surface area contributed by atoms with Crippen LogP contribution >= 0.6 is 0 Å². The number of piperidine rings is 1. The molecule has 0 bridgehead atoms. The van der Waals surface area contributed by atoms with Gasteiger partial charge < -0.3 is 15.4 Å². The number of hydrogen-bond acceptors (Lipinski definition) is 3. The summed E-state index contributed by atoms with van der Waals surface area (Å²) < 4.78 is 5.40. The van der Waals surface area contributed by atoms with E-state index in [9.17, 15) is 0 Å². The summed E-state index contributed by atoms with van der Waals surface area (Å²) in [4.78, 5) is 2.45. The van der Waals surface area contributed by atoms with Crippen molar-refractivity contribution in [3.8, 4) is 0 Å². The predicted octanol–water partition coefficient (Wildman–Crippen LogP) is 1.97. The molecule has 3 heteroatoms. The molecule has 0 amide bonds. The van der Waals surface area contributed by atoms with Crippen molar-refractivity contribution in [3.05, 3.63) is 35.9 Å². The van der Waals surface area contributed by atoms with Gasteiger partial charge in [-0.2, -0.15) is 0 Å². The van der Waals surface area contributed by atoms with Gasteiger partial charge in [-0.3, -0.25) is 0 Å². The third kappa shape index (κ3) is 3.31. The van der Waals surface area contributed by atoms with Gasteiger partial charge in [0.2, 0.25) is 0 Å². The minimum Gasteiger partial charge on any atom is -0.381 e. The lowest BCUT2D eigenvalue weighted by molar-refractivity contribution is 0.0351. The predicted molar refractivity (Wildman–Crippen MR) is 74.5 cm³/mol. The van der Waals surface area contributed by atoms with E-state index in [1.807, 2.05) is 6.07 Å². The molecule has 1 aliphatic rings. The van der Waals surface area contributed by atoms with Gasteiger partial charge in [0.05, 0.1) is 11.6 Å². The fourth-order valence-electron chi connectivity index (χ4n) is 2.68. The van der Waals surface area contributed by atoms with Crippen LogP contribution in [0.1, 0.15) is 25.3 Å². The number of likely N-dealkylation sites (tertiary alicyclic amines) is 1. The molecule has 1 aromatic carbocycles. The van der Waals surface area contributed by atoms with Crippen molar-refractivity contribution >= 4 is 0 Å². The van der Waals surface area contributed by atoms with Crippen LogP contribution in [0.4, 0.5) is 0 Å². The molecule has 1 aliphatic heterocycles. The number of benzene rings is 1. The standard InChI is InChI=1S/C15H24N2O/c1-15(16,13-6-4-3-5-7-13)12-17-10-8-14(18-2)9-11-17/h3-7,14H,8-12,16H2,1-2H3. The molecule has 0 spiro atoms. The van der Waals surface area contributed by atoms with Gasteiger partial charge in [0.25, 0.3) is 0 Å². The summed E-state index contributed by atoms with van der Waals surface area (Å²) in [5.41, 5.74) is 7.39. The molecule has 1 unspecified atom stereocenters. The molecule has 0 saturated carbocycles. The lowest BCUT2D eigenvalue weighted by Gasteiger charge is -2.37. The van der Waals surface area contributed by atoms with E-state index < -0.39 is 0 Å². The molecule has 0 aromatic heterocycles. The quantitative estimate of drug-likeness (QED) is 0.885. The molecule has 1 saturated heterocycles.